The molecule has 3 aromatic rings. The molecular weight excluding hydrogens is 479 g/mol. The standard InChI is InChI=1S/C26H31F5N4O/c1-16-12-18-17-6-3-4-7-21(17)34-24(18)25(35(16)15-26(29,30)31)19-13-22(20(28)14-23(19)36-2)33-11-10-32-9-5-8-27/h3-4,6-7,13-14,16,25,32-34H,5,8-12,15H2,1-2H3/t16-,25-/m1/s1. The van der Waals surface area contributed by atoms with Crippen molar-refractivity contribution in [2.75, 3.05) is 45.3 Å². The number of benzene rings is 2. The summed E-state index contributed by atoms with van der Waals surface area (Å²) in [6.07, 6.45) is -3.58. The minimum absolute atomic E-state index is 0.168. The molecule has 196 valence electrons. The molecule has 0 saturated heterocycles. The lowest BCUT2D eigenvalue weighted by Gasteiger charge is -2.41. The number of alkyl halides is 4. The maximum atomic E-state index is 14.9. The van der Waals surface area contributed by atoms with Crippen LogP contribution >= 0.6 is 0 Å². The zero-order valence-corrected chi connectivity index (χ0v) is 20.3. The molecule has 0 saturated carbocycles. The third-order valence-corrected chi connectivity index (χ3v) is 6.60. The Labute approximate surface area is 207 Å². The Hall–Kier alpha value is -2.85. The number of halogens is 5. The number of rotatable bonds is 10. The van der Waals surface area contributed by atoms with Crippen molar-refractivity contribution in [2.24, 2.45) is 0 Å². The van der Waals surface area contributed by atoms with E-state index in [1.165, 1.54) is 24.1 Å². The molecule has 5 nitrogen and oxygen atoms in total. The van der Waals surface area contributed by atoms with E-state index < -0.39 is 37.3 Å². The predicted octanol–water partition coefficient (Wildman–Crippen LogP) is 5.58. The molecule has 10 heteroatoms. The molecule has 4 rings (SSSR count). The van der Waals surface area contributed by atoms with Crippen LogP contribution in [0.2, 0.25) is 0 Å². The molecule has 0 aliphatic carbocycles. The summed E-state index contributed by atoms with van der Waals surface area (Å²) < 4.78 is 73.8. The second kappa shape index (κ2) is 11.0. The third-order valence-electron chi connectivity index (χ3n) is 6.60. The average Bonchev–Trinajstić information content (AvgIpc) is 3.19. The molecule has 2 aromatic carbocycles. The van der Waals surface area contributed by atoms with Crippen LogP contribution in [-0.2, 0) is 6.42 Å². The van der Waals surface area contributed by atoms with Crippen molar-refractivity contribution in [2.45, 2.75) is 38.0 Å². The van der Waals surface area contributed by atoms with Crippen LogP contribution in [0.3, 0.4) is 0 Å². The molecule has 3 N–H and O–H groups in total. The fourth-order valence-electron chi connectivity index (χ4n) is 5.00. The van der Waals surface area contributed by atoms with E-state index in [1.807, 2.05) is 24.3 Å². The first-order valence-electron chi connectivity index (χ1n) is 12.0. The molecule has 2 atom stereocenters. The summed E-state index contributed by atoms with van der Waals surface area (Å²) in [6, 6.07) is 9.13. The number of para-hydroxylation sites is 1. The molecule has 2 heterocycles. The number of nitrogens with one attached hydrogen (secondary N) is 3. The van der Waals surface area contributed by atoms with E-state index in [2.05, 4.69) is 15.6 Å². The van der Waals surface area contributed by atoms with Crippen LogP contribution in [0.1, 0.15) is 36.2 Å². The van der Waals surface area contributed by atoms with Crippen molar-refractivity contribution in [1.82, 2.24) is 15.2 Å². The molecule has 0 unspecified atom stereocenters. The van der Waals surface area contributed by atoms with E-state index in [0.717, 1.165) is 16.5 Å². The van der Waals surface area contributed by atoms with Gasteiger partial charge in [-0.3, -0.25) is 9.29 Å². The zero-order chi connectivity index (χ0) is 25.9. The Balaban J connectivity index is 1.76. The minimum atomic E-state index is -4.42. The third kappa shape index (κ3) is 5.59. The van der Waals surface area contributed by atoms with Crippen LogP contribution in [0.4, 0.5) is 27.6 Å². The van der Waals surface area contributed by atoms with E-state index >= 15 is 0 Å². The molecule has 0 radical (unpaired) electrons. The van der Waals surface area contributed by atoms with Crippen LogP contribution in [-0.4, -0.2) is 62.1 Å². The summed E-state index contributed by atoms with van der Waals surface area (Å²) in [5, 5.41) is 7.03. The number of fused-ring (bicyclic) bond motifs is 3. The predicted molar refractivity (Wildman–Crippen MR) is 131 cm³/mol. The van der Waals surface area contributed by atoms with Crippen LogP contribution in [0.25, 0.3) is 10.9 Å². The Morgan fingerprint density at radius 3 is 2.64 bits per heavy atom. The highest BCUT2D eigenvalue weighted by Gasteiger charge is 2.43. The number of H-pyrrole nitrogens is 1. The van der Waals surface area contributed by atoms with Gasteiger partial charge in [0.1, 0.15) is 11.6 Å². The van der Waals surface area contributed by atoms with E-state index in [0.29, 0.717) is 43.7 Å². The quantitative estimate of drug-likeness (QED) is 0.246. The number of methoxy groups -OCH3 is 1. The second-order valence-electron chi connectivity index (χ2n) is 9.10. The van der Waals surface area contributed by atoms with Gasteiger partial charge in [-0.15, -0.1) is 0 Å². The smallest absolute Gasteiger partial charge is 0.401 e. The molecule has 0 fully saturated rings. The molecular formula is C26H31F5N4O. The minimum Gasteiger partial charge on any atom is -0.496 e. The van der Waals surface area contributed by atoms with Crippen LogP contribution in [0, 0.1) is 5.82 Å². The van der Waals surface area contributed by atoms with Gasteiger partial charge in [0.25, 0.3) is 0 Å². The van der Waals surface area contributed by atoms with Crippen LogP contribution in [0.15, 0.2) is 36.4 Å². The van der Waals surface area contributed by atoms with Crippen LogP contribution < -0.4 is 15.4 Å². The van der Waals surface area contributed by atoms with Gasteiger partial charge >= 0.3 is 6.18 Å². The van der Waals surface area contributed by atoms with E-state index in [9.17, 15) is 22.0 Å². The zero-order valence-electron chi connectivity index (χ0n) is 20.3. The summed E-state index contributed by atoms with van der Waals surface area (Å²) in [5.74, 6) is -0.391. The van der Waals surface area contributed by atoms with E-state index in [4.69, 9.17) is 4.74 Å². The Morgan fingerprint density at radius 2 is 1.92 bits per heavy atom. The van der Waals surface area contributed by atoms with E-state index in [1.54, 1.807) is 6.92 Å². The number of nitrogens with zero attached hydrogens (tertiary/aromatic N) is 1. The summed E-state index contributed by atoms with van der Waals surface area (Å²) >= 11 is 0. The highest BCUT2D eigenvalue weighted by Crippen LogP contribution is 2.45. The largest absolute Gasteiger partial charge is 0.496 e. The van der Waals surface area contributed by atoms with Gasteiger partial charge in [0.2, 0.25) is 0 Å². The number of aromatic nitrogens is 1. The number of aromatic amines is 1. The molecule has 1 aromatic heterocycles. The van der Waals surface area contributed by atoms with E-state index in [-0.39, 0.29) is 11.4 Å². The monoisotopic (exact) mass is 510 g/mol. The van der Waals surface area contributed by atoms with Gasteiger partial charge in [0.15, 0.2) is 0 Å². The molecule has 36 heavy (non-hydrogen) atoms. The number of hydrogen-bond acceptors (Lipinski definition) is 4. The first kappa shape index (κ1) is 26.2. The fourth-order valence-corrected chi connectivity index (χ4v) is 5.00. The number of ether oxygens (including phenoxy) is 1. The van der Waals surface area contributed by atoms with Gasteiger partial charge in [-0.05, 0) is 44.0 Å². The molecule has 1 aliphatic rings. The summed E-state index contributed by atoms with van der Waals surface area (Å²) in [4.78, 5) is 4.74. The van der Waals surface area contributed by atoms with Gasteiger partial charge in [0, 0.05) is 47.4 Å². The van der Waals surface area contributed by atoms with Gasteiger partial charge in [-0.25, -0.2) is 4.39 Å². The van der Waals surface area contributed by atoms with Crippen molar-refractivity contribution in [3.63, 3.8) is 0 Å². The van der Waals surface area contributed by atoms with Crippen molar-refractivity contribution in [3.8, 4) is 5.75 Å². The highest BCUT2D eigenvalue weighted by atomic mass is 19.4. The molecule has 0 amide bonds. The van der Waals surface area contributed by atoms with Crippen molar-refractivity contribution < 1.29 is 26.7 Å². The molecule has 0 spiro atoms. The second-order valence-corrected chi connectivity index (χ2v) is 9.10. The topological polar surface area (TPSA) is 52.3 Å². The van der Waals surface area contributed by atoms with Crippen molar-refractivity contribution in [3.05, 3.63) is 59.0 Å². The lowest BCUT2D eigenvalue weighted by Crippen LogP contribution is -2.47. The van der Waals surface area contributed by atoms with Gasteiger partial charge < -0.3 is 20.4 Å². The number of anilines is 1. The summed E-state index contributed by atoms with van der Waals surface area (Å²) in [7, 11) is 1.38. The van der Waals surface area contributed by atoms with Crippen LogP contribution in [0.5, 0.6) is 5.75 Å². The van der Waals surface area contributed by atoms with Gasteiger partial charge in [0.05, 0.1) is 32.1 Å². The molecule has 0 bridgehead atoms. The lowest BCUT2D eigenvalue weighted by molar-refractivity contribution is -0.155. The Kier molecular flexibility index (Phi) is 8.04. The van der Waals surface area contributed by atoms with Crippen molar-refractivity contribution in [1.29, 1.82) is 0 Å². The SMILES string of the molecule is COc1cc(F)c(NCCNCCCF)cc1[C@@H]1c2[nH]c3ccccc3c2C[C@@H](C)N1CC(F)(F)F. The highest BCUT2D eigenvalue weighted by molar-refractivity contribution is 5.85. The first-order chi connectivity index (χ1) is 17.2. The van der Waals surface area contributed by atoms with Crippen molar-refractivity contribution >= 4 is 16.6 Å². The average molecular weight is 511 g/mol. The maximum Gasteiger partial charge on any atom is 0.401 e. The number of hydrogen-bond donors (Lipinski definition) is 3. The first-order valence-corrected chi connectivity index (χ1v) is 12.0. The Morgan fingerprint density at radius 1 is 1.14 bits per heavy atom. The normalized spacial score (nSPS) is 18.4. The molecule has 1 aliphatic heterocycles. The summed E-state index contributed by atoms with van der Waals surface area (Å²) in [5.41, 5.74) is 3.06. The fraction of sp³-hybridized carbons (Fsp3) is 0.462. The lowest BCUT2D eigenvalue weighted by atomic mass is 9.88. The van der Waals surface area contributed by atoms with Gasteiger partial charge in [-0.1, -0.05) is 18.2 Å². The maximum absolute atomic E-state index is 14.9. The van der Waals surface area contributed by atoms with Gasteiger partial charge in [-0.2, -0.15) is 13.2 Å². The summed E-state index contributed by atoms with van der Waals surface area (Å²) in [6.45, 7) is 1.59. The Bertz CT molecular complexity index is 1180.